The van der Waals surface area contributed by atoms with Gasteiger partial charge < -0.3 is 10.4 Å². The molecule has 0 aliphatic heterocycles. The van der Waals surface area contributed by atoms with E-state index in [1.807, 2.05) is 6.92 Å². The lowest BCUT2D eigenvalue weighted by Crippen LogP contribution is -2.29. The number of nitrogens with zero attached hydrogens (tertiary/aromatic N) is 2. The summed E-state index contributed by atoms with van der Waals surface area (Å²) >= 11 is 6.11. The molecule has 2 unspecified atom stereocenters. The van der Waals surface area contributed by atoms with Gasteiger partial charge in [0.15, 0.2) is 0 Å². The van der Waals surface area contributed by atoms with E-state index in [1.165, 1.54) is 4.68 Å². The summed E-state index contributed by atoms with van der Waals surface area (Å²) < 4.78 is 1.38. The zero-order valence-electron chi connectivity index (χ0n) is 11.1. The molecule has 2 N–H and O–H groups in total. The van der Waals surface area contributed by atoms with Gasteiger partial charge in [0.05, 0.1) is 11.9 Å². The van der Waals surface area contributed by atoms with Crippen LogP contribution in [-0.2, 0) is 6.54 Å². The van der Waals surface area contributed by atoms with E-state index in [0.717, 1.165) is 25.7 Å². The van der Waals surface area contributed by atoms with E-state index in [-0.39, 0.29) is 29.1 Å². The molecule has 6 heteroatoms. The van der Waals surface area contributed by atoms with Gasteiger partial charge in [-0.15, -0.1) is 0 Å². The second-order valence-electron chi connectivity index (χ2n) is 5.02. The molecular formula is C13H20ClN3O2. The van der Waals surface area contributed by atoms with E-state index in [2.05, 4.69) is 10.4 Å². The number of rotatable bonds is 5. The summed E-state index contributed by atoms with van der Waals surface area (Å²) in [7, 11) is 0. The van der Waals surface area contributed by atoms with Crippen LogP contribution in [0, 0.1) is 5.92 Å². The van der Waals surface area contributed by atoms with Crippen molar-refractivity contribution in [2.75, 3.05) is 11.9 Å². The highest BCUT2D eigenvalue weighted by Crippen LogP contribution is 2.29. The first kappa shape index (κ1) is 14.3. The average Bonchev–Trinajstić information content (AvgIpc) is 2.86. The fourth-order valence-corrected chi connectivity index (χ4v) is 2.78. The maximum atomic E-state index is 12.0. The summed E-state index contributed by atoms with van der Waals surface area (Å²) in [6.45, 7) is 2.72. The zero-order chi connectivity index (χ0) is 13.8. The predicted molar refractivity (Wildman–Crippen MR) is 75.6 cm³/mol. The van der Waals surface area contributed by atoms with Crippen LogP contribution in [0.25, 0.3) is 0 Å². The molecule has 0 amide bonds. The topological polar surface area (TPSA) is 67.2 Å². The van der Waals surface area contributed by atoms with Gasteiger partial charge >= 0.3 is 0 Å². The third-order valence-corrected chi connectivity index (χ3v) is 4.02. The molecular weight excluding hydrogens is 266 g/mol. The third kappa shape index (κ3) is 3.09. The van der Waals surface area contributed by atoms with Gasteiger partial charge in [-0.25, -0.2) is 4.68 Å². The summed E-state index contributed by atoms with van der Waals surface area (Å²) in [5.74, 6) is 0.231. The van der Waals surface area contributed by atoms with Gasteiger partial charge in [0.25, 0.3) is 5.56 Å². The fourth-order valence-electron chi connectivity index (χ4n) is 2.58. The number of aryl methyl sites for hydroxylation is 1. The summed E-state index contributed by atoms with van der Waals surface area (Å²) in [5, 5.41) is 16.9. The molecule has 1 fully saturated rings. The number of hydrogen-bond donors (Lipinski definition) is 2. The van der Waals surface area contributed by atoms with Crippen molar-refractivity contribution in [1.82, 2.24) is 9.78 Å². The van der Waals surface area contributed by atoms with Gasteiger partial charge in [-0.2, -0.15) is 5.10 Å². The number of aliphatic hydroxyl groups excluding tert-OH is 1. The van der Waals surface area contributed by atoms with Crippen LogP contribution in [0.15, 0.2) is 11.0 Å². The van der Waals surface area contributed by atoms with Crippen molar-refractivity contribution in [3.8, 4) is 0 Å². The van der Waals surface area contributed by atoms with Crippen LogP contribution in [0.3, 0.4) is 0 Å². The van der Waals surface area contributed by atoms with E-state index < -0.39 is 0 Å². The molecule has 0 saturated heterocycles. The Morgan fingerprint density at radius 1 is 1.58 bits per heavy atom. The molecule has 0 bridgehead atoms. The van der Waals surface area contributed by atoms with Crippen molar-refractivity contribution in [1.29, 1.82) is 0 Å². The van der Waals surface area contributed by atoms with E-state index in [4.69, 9.17) is 11.6 Å². The van der Waals surface area contributed by atoms with Crippen molar-refractivity contribution in [2.24, 2.45) is 5.92 Å². The van der Waals surface area contributed by atoms with E-state index in [9.17, 15) is 9.90 Å². The number of hydrogen-bond acceptors (Lipinski definition) is 4. The molecule has 1 heterocycles. The molecule has 2 atom stereocenters. The molecule has 19 heavy (non-hydrogen) atoms. The van der Waals surface area contributed by atoms with Crippen LogP contribution in [0.1, 0.15) is 32.6 Å². The van der Waals surface area contributed by atoms with Crippen molar-refractivity contribution in [3.05, 3.63) is 21.6 Å². The van der Waals surface area contributed by atoms with Gasteiger partial charge in [0, 0.05) is 25.1 Å². The molecule has 1 aliphatic carbocycles. The average molecular weight is 286 g/mol. The molecule has 0 spiro atoms. The molecule has 0 radical (unpaired) electrons. The van der Waals surface area contributed by atoms with Crippen LogP contribution in [-0.4, -0.2) is 27.5 Å². The van der Waals surface area contributed by atoms with Crippen LogP contribution in [0.5, 0.6) is 0 Å². The quantitative estimate of drug-likeness (QED) is 0.867. The summed E-state index contributed by atoms with van der Waals surface area (Å²) in [5.41, 5.74) is 0.316. The van der Waals surface area contributed by atoms with Crippen molar-refractivity contribution in [2.45, 2.75) is 45.2 Å². The summed E-state index contributed by atoms with van der Waals surface area (Å²) in [6, 6.07) is 0.172. The SMILES string of the molecule is CCCn1ncc(NC2CCCC2CO)c(Cl)c1=O. The van der Waals surface area contributed by atoms with Crippen LogP contribution in [0.4, 0.5) is 5.69 Å². The van der Waals surface area contributed by atoms with Crippen LogP contribution < -0.4 is 10.9 Å². The predicted octanol–water partition coefficient (Wildman–Crippen LogP) is 1.88. The van der Waals surface area contributed by atoms with Crippen molar-refractivity contribution < 1.29 is 5.11 Å². The van der Waals surface area contributed by atoms with E-state index in [0.29, 0.717) is 12.2 Å². The van der Waals surface area contributed by atoms with Gasteiger partial charge in [-0.05, 0) is 19.3 Å². The van der Waals surface area contributed by atoms with Gasteiger partial charge in [-0.3, -0.25) is 4.79 Å². The Morgan fingerprint density at radius 2 is 2.37 bits per heavy atom. The Kier molecular flexibility index (Phi) is 4.82. The number of aliphatic hydroxyl groups is 1. The lowest BCUT2D eigenvalue weighted by Gasteiger charge is -2.20. The molecule has 0 aromatic carbocycles. The van der Waals surface area contributed by atoms with Crippen molar-refractivity contribution in [3.63, 3.8) is 0 Å². The third-order valence-electron chi connectivity index (χ3n) is 3.65. The minimum Gasteiger partial charge on any atom is -0.396 e. The molecule has 1 aromatic heterocycles. The van der Waals surface area contributed by atoms with Crippen LogP contribution >= 0.6 is 11.6 Å². The normalized spacial score (nSPS) is 22.7. The molecule has 5 nitrogen and oxygen atoms in total. The lowest BCUT2D eigenvalue weighted by atomic mass is 10.1. The van der Waals surface area contributed by atoms with Gasteiger partial charge in [0.2, 0.25) is 0 Å². The Hall–Kier alpha value is -1.07. The standard InChI is InChI=1S/C13H20ClN3O2/c1-2-6-17-13(19)12(14)11(7-15-17)16-10-5-3-4-9(10)8-18/h7,9-10,16,18H,2-6,8H2,1H3. The van der Waals surface area contributed by atoms with E-state index in [1.54, 1.807) is 6.20 Å². The number of halogens is 1. The monoisotopic (exact) mass is 285 g/mol. The summed E-state index contributed by atoms with van der Waals surface area (Å²) in [6.07, 6.45) is 5.52. The van der Waals surface area contributed by atoms with E-state index >= 15 is 0 Å². The number of anilines is 1. The molecule has 106 valence electrons. The van der Waals surface area contributed by atoms with Gasteiger partial charge in [0.1, 0.15) is 5.02 Å². The molecule has 2 rings (SSSR count). The molecule has 1 saturated carbocycles. The second kappa shape index (κ2) is 6.39. The first-order chi connectivity index (χ1) is 9.17. The number of aromatic nitrogens is 2. The number of nitrogens with one attached hydrogen (secondary N) is 1. The maximum absolute atomic E-state index is 12.0. The lowest BCUT2D eigenvalue weighted by molar-refractivity contribution is 0.222. The highest BCUT2D eigenvalue weighted by Gasteiger charge is 2.27. The Balaban J connectivity index is 2.17. The zero-order valence-corrected chi connectivity index (χ0v) is 11.9. The Labute approximate surface area is 117 Å². The first-order valence-corrected chi connectivity index (χ1v) is 7.18. The molecule has 1 aromatic rings. The Bertz CT molecular complexity index is 489. The highest BCUT2D eigenvalue weighted by atomic mass is 35.5. The molecule has 1 aliphatic rings. The smallest absolute Gasteiger partial charge is 0.287 e. The Morgan fingerprint density at radius 3 is 3.05 bits per heavy atom. The summed E-state index contributed by atoms with van der Waals surface area (Å²) in [4.78, 5) is 12.0. The fraction of sp³-hybridized carbons (Fsp3) is 0.692. The minimum atomic E-state index is -0.257. The first-order valence-electron chi connectivity index (χ1n) is 6.80. The minimum absolute atomic E-state index is 0.162. The second-order valence-corrected chi connectivity index (χ2v) is 5.40. The highest BCUT2D eigenvalue weighted by molar-refractivity contribution is 6.32. The largest absolute Gasteiger partial charge is 0.396 e. The van der Waals surface area contributed by atoms with Crippen LogP contribution in [0.2, 0.25) is 5.02 Å². The van der Waals surface area contributed by atoms with Gasteiger partial charge in [-0.1, -0.05) is 24.9 Å². The van der Waals surface area contributed by atoms with Crippen molar-refractivity contribution >= 4 is 17.3 Å². The maximum Gasteiger partial charge on any atom is 0.287 e.